The highest BCUT2D eigenvalue weighted by atomic mass is 16.5. The number of hydrogen-bond acceptors (Lipinski definition) is 8. The molecule has 154 valence electrons. The van der Waals surface area contributed by atoms with Crippen LogP contribution in [0.5, 0.6) is 11.5 Å². The first-order chi connectivity index (χ1) is 13.5. The van der Waals surface area contributed by atoms with Crippen molar-refractivity contribution in [2.75, 3.05) is 45.4 Å². The fourth-order valence-corrected chi connectivity index (χ4v) is 3.49. The second-order valence-electron chi connectivity index (χ2n) is 7.39. The Labute approximate surface area is 166 Å². The summed E-state index contributed by atoms with van der Waals surface area (Å²) in [5.74, 6) is 3.05. The normalized spacial score (nSPS) is 17.9. The smallest absolute Gasteiger partial charge is 0.266 e. The van der Waals surface area contributed by atoms with Crippen LogP contribution in [0, 0.1) is 0 Å². The van der Waals surface area contributed by atoms with E-state index in [0.717, 1.165) is 43.2 Å². The molecule has 1 aromatic heterocycles. The molecule has 0 unspecified atom stereocenters. The van der Waals surface area contributed by atoms with Crippen LogP contribution in [-0.4, -0.2) is 66.6 Å². The predicted molar refractivity (Wildman–Crippen MR) is 106 cm³/mol. The number of aliphatic hydroxyl groups is 1. The van der Waals surface area contributed by atoms with Crippen LogP contribution >= 0.6 is 0 Å². The average Bonchev–Trinajstić information content (AvgIpc) is 3.19. The Morgan fingerprint density at radius 2 is 1.89 bits per heavy atom. The molecule has 0 radical (unpaired) electrons. The first kappa shape index (κ1) is 20.4. The van der Waals surface area contributed by atoms with Gasteiger partial charge in [0, 0.05) is 50.8 Å². The van der Waals surface area contributed by atoms with E-state index in [1.54, 1.807) is 14.2 Å². The van der Waals surface area contributed by atoms with Crippen LogP contribution in [0.15, 0.2) is 22.7 Å². The highest BCUT2D eigenvalue weighted by molar-refractivity contribution is 5.38. The van der Waals surface area contributed by atoms with Gasteiger partial charge in [-0.25, -0.2) is 0 Å². The summed E-state index contributed by atoms with van der Waals surface area (Å²) in [6.07, 6.45) is 0.687. The standard InChI is InChI=1S/C20H30N4O4/c1-14(2)19-21-20(22-28-19)24-7-6-23(16(13-24)5-8-25)12-15-9-17(26-3)11-18(10-15)27-4/h9-11,14,16,25H,5-8,12-13H2,1-4H3/t16-/m0/s1. The maximum atomic E-state index is 9.57. The Kier molecular flexibility index (Phi) is 6.74. The number of nitrogens with zero attached hydrogens (tertiary/aromatic N) is 4. The number of rotatable bonds is 8. The second kappa shape index (κ2) is 9.25. The Balaban J connectivity index is 1.72. The van der Waals surface area contributed by atoms with Gasteiger partial charge in [0.25, 0.3) is 5.95 Å². The van der Waals surface area contributed by atoms with E-state index >= 15 is 0 Å². The number of aliphatic hydroxyl groups excluding tert-OH is 1. The molecule has 2 aromatic rings. The van der Waals surface area contributed by atoms with Crippen LogP contribution in [-0.2, 0) is 6.54 Å². The van der Waals surface area contributed by atoms with E-state index in [1.807, 2.05) is 32.0 Å². The third-order valence-electron chi connectivity index (χ3n) is 5.07. The largest absolute Gasteiger partial charge is 0.497 e. The van der Waals surface area contributed by atoms with Gasteiger partial charge < -0.3 is 24.0 Å². The molecule has 1 saturated heterocycles. The number of ether oxygens (including phenoxy) is 2. The van der Waals surface area contributed by atoms with Crippen LogP contribution in [0.25, 0.3) is 0 Å². The van der Waals surface area contributed by atoms with E-state index in [4.69, 9.17) is 14.0 Å². The monoisotopic (exact) mass is 390 g/mol. The van der Waals surface area contributed by atoms with Crippen molar-refractivity contribution in [2.45, 2.75) is 38.8 Å². The van der Waals surface area contributed by atoms with Crippen molar-refractivity contribution in [2.24, 2.45) is 0 Å². The minimum Gasteiger partial charge on any atom is -0.497 e. The average molecular weight is 390 g/mol. The van der Waals surface area contributed by atoms with Crippen molar-refractivity contribution < 1.29 is 19.1 Å². The van der Waals surface area contributed by atoms with Crippen molar-refractivity contribution in [1.29, 1.82) is 0 Å². The molecular formula is C20H30N4O4. The van der Waals surface area contributed by atoms with Gasteiger partial charge in [0.2, 0.25) is 5.89 Å². The quantitative estimate of drug-likeness (QED) is 0.735. The highest BCUT2D eigenvalue weighted by Gasteiger charge is 2.29. The number of aromatic nitrogens is 2. The molecule has 8 nitrogen and oxygen atoms in total. The lowest BCUT2D eigenvalue weighted by Gasteiger charge is -2.41. The molecule has 0 bridgehead atoms. The number of piperazine rings is 1. The Morgan fingerprint density at radius 1 is 1.18 bits per heavy atom. The summed E-state index contributed by atoms with van der Waals surface area (Å²) in [5, 5.41) is 13.7. The number of anilines is 1. The van der Waals surface area contributed by atoms with Gasteiger partial charge in [-0.15, -0.1) is 0 Å². The summed E-state index contributed by atoms with van der Waals surface area (Å²) < 4.78 is 16.1. The van der Waals surface area contributed by atoms with E-state index in [0.29, 0.717) is 18.3 Å². The summed E-state index contributed by atoms with van der Waals surface area (Å²) in [6.45, 7) is 7.36. The van der Waals surface area contributed by atoms with E-state index in [9.17, 15) is 5.11 Å². The topological polar surface area (TPSA) is 84.1 Å². The van der Waals surface area contributed by atoms with E-state index < -0.39 is 0 Å². The summed E-state index contributed by atoms with van der Waals surface area (Å²) in [7, 11) is 3.31. The van der Waals surface area contributed by atoms with E-state index in [1.165, 1.54) is 0 Å². The van der Waals surface area contributed by atoms with Gasteiger partial charge in [-0.2, -0.15) is 4.98 Å². The fraction of sp³-hybridized carbons (Fsp3) is 0.600. The number of hydrogen-bond donors (Lipinski definition) is 1. The van der Waals surface area contributed by atoms with Crippen molar-refractivity contribution in [3.63, 3.8) is 0 Å². The van der Waals surface area contributed by atoms with Gasteiger partial charge in [0.15, 0.2) is 0 Å². The minimum absolute atomic E-state index is 0.139. The minimum atomic E-state index is 0.139. The summed E-state index contributed by atoms with van der Waals surface area (Å²) >= 11 is 0. The van der Waals surface area contributed by atoms with Gasteiger partial charge in [0.05, 0.1) is 14.2 Å². The Morgan fingerprint density at radius 3 is 2.46 bits per heavy atom. The molecule has 1 atom stereocenters. The summed E-state index contributed by atoms with van der Waals surface area (Å²) in [6, 6.07) is 6.12. The number of methoxy groups -OCH3 is 2. The highest BCUT2D eigenvalue weighted by Crippen LogP contribution is 2.26. The maximum absolute atomic E-state index is 9.57. The molecule has 0 saturated carbocycles. The second-order valence-corrected chi connectivity index (χ2v) is 7.39. The van der Waals surface area contributed by atoms with Gasteiger partial charge in [-0.3, -0.25) is 4.90 Å². The zero-order valence-corrected chi connectivity index (χ0v) is 17.1. The molecule has 3 rings (SSSR count). The third kappa shape index (κ3) is 4.74. The first-order valence-electron chi connectivity index (χ1n) is 9.69. The molecule has 1 aliphatic heterocycles. The van der Waals surface area contributed by atoms with Crippen LogP contribution in [0.3, 0.4) is 0 Å². The molecule has 8 heteroatoms. The third-order valence-corrected chi connectivity index (χ3v) is 5.07. The molecule has 1 aliphatic rings. The van der Waals surface area contributed by atoms with Crippen molar-refractivity contribution in [1.82, 2.24) is 15.0 Å². The lowest BCUT2D eigenvalue weighted by atomic mass is 10.1. The zero-order chi connectivity index (χ0) is 20.1. The van der Waals surface area contributed by atoms with Gasteiger partial charge in [-0.05, 0) is 29.3 Å². The molecule has 0 aliphatic carbocycles. The SMILES string of the molecule is COc1cc(CN2CCN(c3noc(C(C)C)n3)C[C@@H]2CCO)cc(OC)c1. The van der Waals surface area contributed by atoms with Gasteiger partial charge in [-0.1, -0.05) is 13.8 Å². The van der Waals surface area contributed by atoms with Crippen LogP contribution in [0.4, 0.5) is 5.95 Å². The fourth-order valence-electron chi connectivity index (χ4n) is 3.49. The first-order valence-corrected chi connectivity index (χ1v) is 9.69. The van der Waals surface area contributed by atoms with Crippen molar-refractivity contribution >= 4 is 5.95 Å². The summed E-state index contributed by atoms with van der Waals surface area (Å²) in [4.78, 5) is 9.03. The van der Waals surface area contributed by atoms with Crippen molar-refractivity contribution in [3.8, 4) is 11.5 Å². The molecule has 0 spiro atoms. The molecule has 0 amide bonds. The number of benzene rings is 1. The van der Waals surface area contributed by atoms with E-state index in [-0.39, 0.29) is 18.6 Å². The Bertz CT molecular complexity index is 742. The van der Waals surface area contributed by atoms with Gasteiger partial charge >= 0.3 is 0 Å². The van der Waals surface area contributed by atoms with E-state index in [2.05, 4.69) is 19.9 Å². The zero-order valence-electron chi connectivity index (χ0n) is 17.1. The Hall–Kier alpha value is -2.32. The lowest BCUT2D eigenvalue weighted by Crippen LogP contribution is -2.53. The van der Waals surface area contributed by atoms with Crippen molar-refractivity contribution in [3.05, 3.63) is 29.7 Å². The molecule has 2 heterocycles. The maximum Gasteiger partial charge on any atom is 0.266 e. The van der Waals surface area contributed by atoms with Crippen LogP contribution in [0.2, 0.25) is 0 Å². The molecule has 1 aromatic carbocycles. The predicted octanol–water partition coefficient (Wildman–Crippen LogP) is 2.28. The lowest BCUT2D eigenvalue weighted by molar-refractivity contribution is 0.134. The molecule has 28 heavy (non-hydrogen) atoms. The summed E-state index contributed by atoms with van der Waals surface area (Å²) in [5.41, 5.74) is 1.12. The molecule has 1 N–H and O–H groups in total. The van der Waals surface area contributed by atoms with Crippen LogP contribution in [0.1, 0.15) is 37.6 Å². The molecule has 1 fully saturated rings. The molecular weight excluding hydrogens is 360 g/mol. The van der Waals surface area contributed by atoms with Gasteiger partial charge in [0.1, 0.15) is 11.5 Å². The van der Waals surface area contributed by atoms with Crippen LogP contribution < -0.4 is 14.4 Å².